The van der Waals surface area contributed by atoms with Gasteiger partial charge in [0.1, 0.15) is 0 Å². The van der Waals surface area contributed by atoms with Crippen LogP contribution in [0.4, 0.5) is 4.79 Å². The van der Waals surface area contributed by atoms with Gasteiger partial charge in [0.25, 0.3) is 0 Å². The number of nitrogens with one attached hydrogen (secondary N) is 2. The van der Waals surface area contributed by atoms with Gasteiger partial charge in [-0.25, -0.2) is 4.79 Å². The van der Waals surface area contributed by atoms with E-state index in [4.69, 9.17) is 0 Å². The molecule has 3 aromatic rings. The summed E-state index contributed by atoms with van der Waals surface area (Å²) < 4.78 is 0. The third-order valence-corrected chi connectivity index (χ3v) is 4.90. The van der Waals surface area contributed by atoms with Gasteiger partial charge in [0, 0.05) is 18.3 Å². The third-order valence-electron chi connectivity index (χ3n) is 4.90. The molecule has 2 amide bonds. The number of H-pyrrole nitrogens is 1. The zero-order chi connectivity index (χ0) is 16.5. The van der Waals surface area contributed by atoms with Crippen molar-refractivity contribution < 1.29 is 4.79 Å². The van der Waals surface area contributed by atoms with E-state index in [1.165, 1.54) is 16.5 Å². The molecule has 1 aromatic heterocycles. The van der Waals surface area contributed by atoms with Crippen LogP contribution >= 0.6 is 0 Å². The minimum atomic E-state index is -0.0321. The van der Waals surface area contributed by atoms with Crippen LogP contribution < -0.4 is 5.32 Å². The molecule has 0 aliphatic heterocycles. The number of urea groups is 1. The van der Waals surface area contributed by atoms with E-state index < -0.39 is 0 Å². The number of para-hydroxylation sites is 1. The maximum atomic E-state index is 12.5. The Morgan fingerprint density at radius 2 is 2.00 bits per heavy atom. The number of aromatic amines is 1. The number of rotatable bonds is 3. The first-order valence-corrected chi connectivity index (χ1v) is 8.37. The van der Waals surface area contributed by atoms with Crippen LogP contribution in [0.3, 0.4) is 0 Å². The van der Waals surface area contributed by atoms with Gasteiger partial charge in [0.05, 0.1) is 12.6 Å². The van der Waals surface area contributed by atoms with E-state index in [9.17, 15) is 4.79 Å². The number of carbonyl (C=O) groups excluding carboxylic acids is 1. The van der Waals surface area contributed by atoms with Gasteiger partial charge in [-0.05, 0) is 41.5 Å². The molecule has 0 spiro atoms. The quantitative estimate of drug-likeness (QED) is 0.753. The predicted molar refractivity (Wildman–Crippen MR) is 95.8 cm³/mol. The fourth-order valence-electron chi connectivity index (χ4n) is 3.60. The highest BCUT2D eigenvalue weighted by molar-refractivity contribution is 5.80. The number of aryl methyl sites for hydroxylation is 1. The second-order valence-electron chi connectivity index (χ2n) is 6.40. The molecule has 2 N–H and O–H groups in total. The lowest BCUT2D eigenvalue weighted by molar-refractivity contribution is 0.189. The van der Waals surface area contributed by atoms with Crippen LogP contribution in [0.1, 0.15) is 29.3 Å². The maximum Gasteiger partial charge on any atom is 0.317 e. The van der Waals surface area contributed by atoms with Crippen molar-refractivity contribution in [1.29, 1.82) is 0 Å². The van der Waals surface area contributed by atoms with Crippen molar-refractivity contribution in [3.8, 4) is 0 Å². The summed E-state index contributed by atoms with van der Waals surface area (Å²) in [6.07, 6.45) is 2.04. The molecule has 122 valence electrons. The molecule has 1 atom stereocenters. The van der Waals surface area contributed by atoms with E-state index in [1.807, 2.05) is 36.2 Å². The fraction of sp³-hybridized carbons (Fsp3) is 0.250. The Morgan fingerprint density at radius 1 is 1.21 bits per heavy atom. The number of fused-ring (bicyclic) bond motifs is 2. The van der Waals surface area contributed by atoms with Gasteiger partial charge < -0.3 is 15.2 Å². The Bertz CT molecular complexity index is 850. The highest BCUT2D eigenvalue weighted by Gasteiger charge is 2.28. The van der Waals surface area contributed by atoms with Gasteiger partial charge in [-0.2, -0.15) is 0 Å². The van der Waals surface area contributed by atoms with Crippen LogP contribution in [0.15, 0.2) is 54.6 Å². The van der Waals surface area contributed by atoms with Crippen LogP contribution in [0.5, 0.6) is 0 Å². The lowest BCUT2D eigenvalue weighted by Gasteiger charge is -2.25. The number of hydrogen-bond donors (Lipinski definition) is 2. The monoisotopic (exact) mass is 319 g/mol. The van der Waals surface area contributed by atoms with Gasteiger partial charge in [-0.1, -0.05) is 42.5 Å². The number of nitrogens with zero attached hydrogens (tertiary/aromatic N) is 1. The highest BCUT2D eigenvalue weighted by atomic mass is 16.2. The summed E-state index contributed by atoms with van der Waals surface area (Å²) in [5, 5.41) is 4.19. The largest absolute Gasteiger partial charge is 0.357 e. The second-order valence-corrected chi connectivity index (χ2v) is 6.40. The molecule has 0 bridgehead atoms. The minimum Gasteiger partial charge on any atom is -0.357 e. The molecule has 0 unspecified atom stereocenters. The summed E-state index contributed by atoms with van der Waals surface area (Å²) in [7, 11) is 1.88. The number of hydrogen-bond acceptors (Lipinski definition) is 1. The summed E-state index contributed by atoms with van der Waals surface area (Å²) in [6.45, 7) is 0.506. The Balaban J connectivity index is 1.43. The SMILES string of the molecule is CN(C(=O)NCc1cc2ccccc2[nH]1)[C@H]1CCc2ccccc21. The van der Waals surface area contributed by atoms with Crippen molar-refractivity contribution >= 4 is 16.9 Å². The summed E-state index contributed by atoms with van der Waals surface area (Å²) in [4.78, 5) is 17.7. The van der Waals surface area contributed by atoms with Crippen molar-refractivity contribution in [3.05, 3.63) is 71.4 Å². The summed E-state index contributed by atoms with van der Waals surface area (Å²) in [6, 6.07) is 18.8. The average molecular weight is 319 g/mol. The van der Waals surface area contributed by atoms with E-state index >= 15 is 0 Å². The lowest BCUT2D eigenvalue weighted by Crippen LogP contribution is -2.38. The van der Waals surface area contributed by atoms with E-state index in [1.54, 1.807) is 0 Å². The van der Waals surface area contributed by atoms with Crippen LogP contribution in [-0.2, 0) is 13.0 Å². The van der Waals surface area contributed by atoms with Gasteiger partial charge in [0.15, 0.2) is 0 Å². The normalized spacial score (nSPS) is 16.1. The molecular weight excluding hydrogens is 298 g/mol. The standard InChI is InChI=1S/C20H21N3O/c1-23(19-11-10-14-6-2-4-8-17(14)19)20(24)21-13-16-12-15-7-3-5-9-18(15)22-16/h2-9,12,19,22H,10-11,13H2,1H3,(H,21,24)/t19-/m0/s1. The summed E-state index contributed by atoms with van der Waals surface area (Å²) in [5.41, 5.74) is 4.75. The predicted octanol–water partition coefficient (Wildman–Crippen LogP) is 4.00. The highest BCUT2D eigenvalue weighted by Crippen LogP contribution is 2.34. The topological polar surface area (TPSA) is 48.1 Å². The second kappa shape index (κ2) is 6.04. The van der Waals surface area contributed by atoms with Crippen LogP contribution in [-0.4, -0.2) is 23.0 Å². The van der Waals surface area contributed by atoms with Crippen molar-refractivity contribution in [2.24, 2.45) is 0 Å². The Hall–Kier alpha value is -2.75. The summed E-state index contributed by atoms with van der Waals surface area (Å²) >= 11 is 0. The number of amides is 2. The number of benzene rings is 2. The number of aromatic nitrogens is 1. The van der Waals surface area contributed by atoms with Crippen LogP contribution in [0.2, 0.25) is 0 Å². The zero-order valence-electron chi connectivity index (χ0n) is 13.8. The molecule has 1 heterocycles. The fourth-order valence-corrected chi connectivity index (χ4v) is 3.60. The van der Waals surface area contributed by atoms with Crippen molar-refractivity contribution in [3.63, 3.8) is 0 Å². The zero-order valence-corrected chi connectivity index (χ0v) is 13.8. The van der Waals surface area contributed by atoms with Crippen LogP contribution in [0.25, 0.3) is 10.9 Å². The molecule has 0 radical (unpaired) electrons. The third kappa shape index (κ3) is 2.64. The lowest BCUT2D eigenvalue weighted by atomic mass is 10.1. The Morgan fingerprint density at radius 3 is 2.88 bits per heavy atom. The van der Waals surface area contributed by atoms with E-state index in [0.717, 1.165) is 24.1 Å². The first-order valence-electron chi connectivity index (χ1n) is 8.37. The van der Waals surface area contributed by atoms with Crippen molar-refractivity contribution in [2.75, 3.05) is 7.05 Å². The first-order chi connectivity index (χ1) is 11.7. The summed E-state index contributed by atoms with van der Waals surface area (Å²) in [5.74, 6) is 0. The maximum absolute atomic E-state index is 12.5. The van der Waals surface area contributed by atoms with Crippen molar-refractivity contribution in [2.45, 2.75) is 25.4 Å². The average Bonchev–Trinajstić information content (AvgIpc) is 3.22. The molecule has 4 heteroatoms. The van der Waals surface area contributed by atoms with E-state index in [-0.39, 0.29) is 12.1 Å². The first kappa shape index (κ1) is 14.8. The van der Waals surface area contributed by atoms with Gasteiger partial charge in [0.2, 0.25) is 0 Å². The molecule has 0 saturated heterocycles. The molecule has 24 heavy (non-hydrogen) atoms. The molecule has 4 nitrogen and oxygen atoms in total. The minimum absolute atomic E-state index is 0.0321. The molecule has 1 aliphatic carbocycles. The molecule has 0 saturated carbocycles. The molecule has 2 aromatic carbocycles. The number of carbonyl (C=O) groups is 1. The van der Waals surface area contributed by atoms with Crippen molar-refractivity contribution in [1.82, 2.24) is 15.2 Å². The van der Waals surface area contributed by atoms with E-state index in [2.05, 4.69) is 40.6 Å². The molecule has 1 aliphatic rings. The van der Waals surface area contributed by atoms with Gasteiger partial charge >= 0.3 is 6.03 Å². The smallest absolute Gasteiger partial charge is 0.317 e. The Labute approximate surface area is 141 Å². The van der Waals surface area contributed by atoms with Gasteiger partial charge in [-0.3, -0.25) is 0 Å². The molecule has 4 rings (SSSR count). The molecular formula is C20H21N3O. The van der Waals surface area contributed by atoms with Crippen LogP contribution in [0, 0.1) is 0 Å². The Kier molecular flexibility index (Phi) is 3.73. The van der Waals surface area contributed by atoms with E-state index in [0.29, 0.717) is 6.54 Å². The molecule has 0 fully saturated rings. The van der Waals surface area contributed by atoms with Gasteiger partial charge in [-0.15, -0.1) is 0 Å².